The van der Waals surface area contributed by atoms with Crippen LogP contribution in [0.25, 0.3) is 6.08 Å². The van der Waals surface area contributed by atoms with Crippen LogP contribution in [0.1, 0.15) is 18.9 Å². The summed E-state index contributed by atoms with van der Waals surface area (Å²) in [7, 11) is -2.06. The quantitative estimate of drug-likeness (QED) is 0.912. The van der Waals surface area contributed by atoms with Gasteiger partial charge in [-0.25, -0.2) is 8.42 Å². The van der Waals surface area contributed by atoms with Gasteiger partial charge in [0.25, 0.3) is 0 Å². The van der Waals surface area contributed by atoms with Crippen molar-refractivity contribution in [3.05, 3.63) is 28.7 Å². The number of carbonyl (C=O) groups is 1. The van der Waals surface area contributed by atoms with Gasteiger partial charge >= 0.3 is 5.97 Å². The fourth-order valence-electron chi connectivity index (χ4n) is 1.96. The lowest BCUT2D eigenvalue weighted by Gasteiger charge is -2.07. The van der Waals surface area contributed by atoms with Crippen LogP contribution >= 0.6 is 0 Å². The first-order valence-corrected chi connectivity index (χ1v) is 7.21. The number of rotatable bonds is 4. The van der Waals surface area contributed by atoms with Gasteiger partial charge in [0, 0.05) is 0 Å². The summed E-state index contributed by atoms with van der Waals surface area (Å²) >= 11 is 0. The molecule has 1 unspecified atom stereocenters. The number of methoxy groups -OCH3 is 1. The highest BCUT2D eigenvalue weighted by Crippen LogP contribution is 2.37. The van der Waals surface area contributed by atoms with Gasteiger partial charge < -0.3 is 9.84 Å². The topological polar surface area (TPSA) is 80.7 Å². The Bertz CT molecular complexity index is 658. The molecule has 5 nitrogen and oxygen atoms in total. The van der Waals surface area contributed by atoms with Gasteiger partial charge in [-0.15, -0.1) is 0 Å². The van der Waals surface area contributed by atoms with E-state index >= 15 is 0 Å². The monoisotopic (exact) mass is 282 g/mol. The van der Waals surface area contributed by atoms with E-state index in [0.29, 0.717) is 11.3 Å². The van der Waals surface area contributed by atoms with Crippen LogP contribution in [0.2, 0.25) is 0 Å². The Labute approximate surface area is 111 Å². The molecule has 0 aliphatic carbocycles. The third-order valence-corrected chi connectivity index (χ3v) is 5.02. The van der Waals surface area contributed by atoms with Gasteiger partial charge in [0.1, 0.15) is 5.75 Å². The summed E-state index contributed by atoms with van der Waals surface area (Å²) in [5.74, 6) is -1.18. The molecule has 1 heterocycles. The molecule has 0 amide bonds. The average Bonchev–Trinajstić information content (AvgIpc) is 2.60. The predicted molar refractivity (Wildman–Crippen MR) is 69.6 cm³/mol. The first-order valence-electron chi connectivity index (χ1n) is 5.72. The van der Waals surface area contributed by atoms with Crippen molar-refractivity contribution >= 4 is 21.9 Å². The van der Waals surface area contributed by atoms with Crippen LogP contribution in [0.15, 0.2) is 28.0 Å². The van der Waals surface area contributed by atoms with E-state index in [4.69, 9.17) is 9.84 Å². The lowest BCUT2D eigenvalue weighted by atomic mass is 10.1. The number of carboxylic acids is 1. The Kier molecular flexibility index (Phi) is 3.36. The maximum Gasteiger partial charge on any atom is 0.306 e. The highest BCUT2D eigenvalue weighted by molar-refractivity contribution is 7.95. The summed E-state index contributed by atoms with van der Waals surface area (Å²) in [6.45, 7) is 1.49. The van der Waals surface area contributed by atoms with Crippen LogP contribution in [0, 0.1) is 5.92 Å². The van der Waals surface area contributed by atoms with Crippen LogP contribution < -0.4 is 4.74 Å². The van der Waals surface area contributed by atoms with Crippen molar-refractivity contribution in [1.29, 1.82) is 0 Å². The number of carboxylic acid groups (broad SMARTS) is 1. The van der Waals surface area contributed by atoms with E-state index in [1.165, 1.54) is 26.2 Å². The molecule has 102 valence electrons. The second-order valence-electron chi connectivity index (χ2n) is 4.46. The standard InChI is InChI=1S/C13H14O5S/c1-8(13(14)15)5-11-7-9-6-10(18-2)3-4-12(9)19(11,16)17/h3-4,6-8H,5H2,1-2H3,(H,14,15). The Morgan fingerprint density at radius 3 is 2.68 bits per heavy atom. The molecule has 1 atom stereocenters. The van der Waals surface area contributed by atoms with Crippen LogP contribution in [0.4, 0.5) is 0 Å². The van der Waals surface area contributed by atoms with Crippen molar-refractivity contribution in [3.8, 4) is 5.75 Å². The Morgan fingerprint density at radius 2 is 2.11 bits per heavy atom. The summed E-state index contributed by atoms with van der Waals surface area (Å²) in [4.78, 5) is 11.2. The number of sulfone groups is 1. The first-order chi connectivity index (χ1) is 8.86. The molecule has 1 aliphatic heterocycles. The zero-order chi connectivity index (χ0) is 14.2. The minimum atomic E-state index is -3.56. The summed E-state index contributed by atoms with van der Waals surface area (Å²) in [6.07, 6.45) is 1.52. The Morgan fingerprint density at radius 1 is 1.42 bits per heavy atom. The number of fused-ring (bicyclic) bond motifs is 1. The molecular formula is C13H14O5S. The zero-order valence-corrected chi connectivity index (χ0v) is 11.4. The van der Waals surface area contributed by atoms with E-state index in [-0.39, 0.29) is 16.2 Å². The summed E-state index contributed by atoms with van der Waals surface area (Å²) < 4.78 is 29.5. The number of benzene rings is 1. The molecule has 1 aromatic carbocycles. The number of hydrogen-bond donors (Lipinski definition) is 1. The van der Waals surface area contributed by atoms with Crippen LogP contribution in [-0.2, 0) is 14.6 Å². The highest BCUT2D eigenvalue weighted by Gasteiger charge is 2.31. The van der Waals surface area contributed by atoms with Crippen LogP contribution in [0.5, 0.6) is 5.75 Å². The van der Waals surface area contributed by atoms with E-state index in [1.807, 2.05) is 0 Å². The van der Waals surface area contributed by atoms with E-state index < -0.39 is 21.7 Å². The third-order valence-electron chi connectivity index (χ3n) is 3.10. The second-order valence-corrected chi connectivity index (χ2v) is 6.43. The van der Waals surface area contributed by atoms with Gasteiger partial charge in [0.05, 0.1) is 22.8 Å². The second kappa shape index (κ2) is 4.70. The fourth-order valence-corrected chi connectivity index (χ4v) is 3.67. The van der Waals surface area contributed by atoms with Crippen molar-refractivity contribution in [2.45, 2.75) is 18.2 Å². The van der Waals surface area contributed by atoms with Gasteiger partial charge in [0.15, 0.2) is 0 Å². The molecule has 2 rings (SSSR count). The Hall–Kier alpha value is -1.82. The largest absolute Gasteiger partial charge is 0.497 e. The van der Waals surface area contributed by atoms with E-state index in [9.17, 15) is 13.2 Å². The molecule has 0 radical (unpaired) electrons. The zero-order valence-electron chi connectivity index (χ0n) is 10.6. The molecule has 0 bridgehead atoms. The minimum absolute atomic E-state index is 0.00530. The van der Waals surface area contributed by atoms with Crippen LogP contribution in [0.3, 0.4) is 0 Å². The molecule has 0 spiro atoms. The van der Waals surface area contributed by atoms with Gasteiger partial charge in [-0.05, 0) is 36.3 Å². The smallest absolute Gasteiger partial charge is 0.306 e. The van der Waals surface area contributed by atoms with Gasteiger partial charge in [-0.3, -0.25) is 4.79 Å². The molecule has 0 saturated carbocycles. The van der Waals surface area contributed by atoms with Crippen molar-refractivity contribution in [1.82, 2.24) is 0 Å². The molecule has 0 saturated heterocycles. The van der Waals surface area contributed by atoms with Crippen molar-refractivity contribution in [2.75, 3.05) is 7.11 Å². The molecule has 0 aromatic heterocycles. The average molecular weight is 282 g/mol. The van der Waals surface area contributed by atoms with E-state index in [1.54, 1.807) is 12.1 Å². The molecule has 6 heteroatoms. The molecule has 0 fully saturated rings. The number of aliphatic carboxylic acids is 1. The van der Waals surface area contributed by atoms with Crippen molar-refractivity contribution in [3.63, 3.8) is 0 Å². The molecule has 1 N–H and O–H groups in total. The third kappa shape index (κ3) is 2.35. The van der Waals surface area contributed by atoms with Gasteiger partial charge in [-0.1, -0.05) is 6.92 Å². The minimum Gasteiger partial charge on any atom is -0.497 e. The number of allylic oxidation sites excluding steroid dienone is 1. The maximum atomic E-state index is 12.2. The summed E-state index contributed by atoms with van der Waals surface area (Å²) in [5, 5.41) is 8.87. The van der Waals surface area contributed by atoms with Crippen molar-refractivity contribution in [2.24, 2.45) is 5.92 Å². The van der Waals surface area contributed by atoms with E-state index in [0.717, 1.165) is 0 Å². The lowest BCUT2D eigenvalue weighted by Crippen LogP contribution is -2.12. The molecule has 1 aromatic rings. The Balaban J connectivity index is 2.41. The molecular weight excluding hydrogens is 268 g/mol. The van der Waals surface area contributed by atoms with E-state index in [2.05, 4.69) is 0 Å². The first kappa shape index (κ1) is 13.6. The normalized spacial score (nSPS) is 17.5. The number of ether oxygens (including phenoxy) is 1. The molecule has 19 heavy (non-hydrogen) atoms. The van der Waals surface area contributed by atoms with Gasteiger partial charge in [-0.2, -0.15) is 0 Å². The van der Waals surface area contributed by atoms with Crippen molar-refractivity contribution < 1.29 is 23.1 Å². The van der Waals surface area contributed by atoms with Crippen LogP contribution in [-0.4, -0.2) is 26.6 Å². The predicted octanol–water partition coefficient (Wildman–Crippen LogP) is 1.93. The highest BCUT2D eigenvalue weighted by atomic mass is 32.2. The lowest BCUT2D eigenvalue weighted by molar-refractivity contribution is -0.141. The fraction of sp³-hybridized carbons (Fsp3) is 0.308. The summed E-state index contributed by atoms with van der Waals surface area (Å²) in [5.41, 5.74) is 0.548. The summed E-state index contributed by atoms with van der Waals surface area (Å²) in [6, 6.07) is 4.69. The molecule has 1 aliphatic rings. The SMILES string of the molecule is COc1ccc2c(c1)C=C(CC(C)C(=O)O)S2(=O)=O. The van der Waals surface area contributed by atoms with Gasteiger partial charge in [0.2, 0.25) is 9.84 Å². The maximum absolute atomic E-state index is 12.2. The number of hydrogen-bond acceptors (Lipinski definition) is 4.